The van der Waals surface area contributed by atoms with Crippen molar-refractivity contribution in [2.75, 3.05) is 6.54 Å². The molecule has 0 amide bonds. The van der Waals surface area contributed by atoms with Crippen LogP contribution in [0.3, 0.4) is 0 Å². The number of hydrogen-bond acceptors (Lipinski definition) is 3. The zero-order valence-electron chi connectivity index (χ0n) is 11.9. The summed E-state index contributed by atoms with van der Waals surface area (Å²) < 4.78 is 0. The van der Waals surface area contributed by atoms with E-state index >= 15 is 0 Å². The van der Waals surface area contributed by atoms with Crippen LogP contribution in [0.4, 0.5) is 0 Å². The molecule has 0 radical (unpaired) electrons. The van der Waals surface area contributed by atoms with Gasteiger partial charge in [-0.25, -0.2) is 0 Å². The molecule has 0 aromatic heterocycles. The lowest BCUT2D eigenvalue weighted by Gasteiger charge is -2.32. The molecule has 1 saturated carbocycles. The van der Waals surface area contributed by atoms with Crippen molar-refractivity contribution in [3.8, 4) is 0 Å². The van der Waals surface area contributed by atoms with Crippen molar-refractivity contribution in [2.45, 2.75) is 83.2 Å². The van der Waals surface area contributed by atoms with E-state index in [-0.39, 0.29) is 0 Å². The molecule has 1 fully saturated rings. The predicted octanol–water partition coefficient (Wildman–Crippen LogP) is 3.29. The molecule has 0 aromatic carbocycles. The molecule has 0 spiro atoms. The molecule has 0 aromatic rings. The fourth-order valence-electron chi connectivity index (χ4n) is 3.44. The maximum Gasteiger partial charge on any atom is 0.191 e. The molecule has 2 aliphatic rings. The highest BCUT2D eigenvalue weighted by Gasteiger charge is 2.33. The van der Waals surface area contributed by atoms with Crippen molar-refractivity contribution in [2.24, 2.45) is 10.7 Å². The second-order valence-electron chi connectivity index (χ2n) is 5.90. The van der Waals surface area contributed by atoms with E-state index in [2.05, 4.69) is 16.8 Å². The SMILES string of the molecule is CCCCCCCC1CN=C(N)N1C1CCCC1. The summed E-state index contributed by atoms with van der Waals surface area (Å²) in [6, 6.07) is 1.30. The van der Waals surface area contributed by atoms with Crippen molar-refractivity contribution < 1.29 is 0 Å². The van der Waals surface area contributed by atoms with Crippen molar-refractivity contribution in [3.05, 3.63) is 0 Å². The van der Waals surface area contributed by atoms with Crippen molar-refractivity contribution in [1.29, 1.82) is 0 Å². The highest BCUT2D eigenvalue weighted by Crippen LogP contribution is 2.28. The van der Waals surface area contributed by atoms with Crippen molar-refractivity contribution in [3.63, 3.8) is 0 Å². The lowest BCUT2D eigenvalue weighted by Crippen LogP contribution is -2.46. The van der Waals surface area contributed by atoms with Gasteiger partial charge in [-0.15, -0.1) is 0 Å². The summed E-state index contributed by atoms with van der Waals surface area (Å²) in [7, 11) is 0. The second kappa shape index (κ2) is 7.01. The summed E-state index contributed by atoms with van der Waals surface area (Å²) in [6.45, 7) is 3.21. The highest BCUT2D eigenvalue weighted by molar-refractivity contribution is 5.80. The maximum atomic E-state index is 6.08. The molecule has 2 rings (SSSR count). The van der Waals surface area contributed by atoms with E-state index in [4.69, 9.17) is 5.73 Å². The Hall–Kier alpha value is -0.730. The Balaban J connectivity index is 1.74. The van der Waals surface area contributed by atoms with E-state index in [0.717, 1.165) is 12.5 Å². The molecule has 0 saturated heterocycles. The number of unbranched alkanes of at least 4 members (excludes halogenated alkanes) is 4. The van der Waals surface area contributed by atoms with Gasteiger partial charge in [-0.1, -0.05) is 51.9 Å². The van der Waals surface area contributed by atoms with E-state index in [1.165, 1.54) is 64.2 Å². The lowest BCUT2D eigenvalue weighted by atomic mass is 10.0. The third-order valence-electron chi connectivity index (χ3n) is 4.48. The Morgan fingerprint density at radius 3 is 2.61 bits per heavy atom. The number of nitrogens with two attached hydrogens (primary N) is 1. The first-order valence-electron chi connectivity index (χ1n) is 7.91. The molecule has 1 aliphatic heterocycles. The summed E-state index contributed by atoms with van der Waals surface area (Å²) in [4.78, 5) is 6.93. The van der Waals surface area contributed by atoms with Gasteiger partial charge in [0.2, 0.25) is 0 Å². The summed E-state index contributed by atoms with van der Waals surface area (Å²) in [5.41, 5.74) is 6.08. The summed E-state index contributed by atoms with van der Waals surface area (Å²) in [6.07, 6.45) is 13.5. The maximum absolute atomic E-state index is 6.08. The van der Waals surface area contributed by atoms with Crippen LogP contribution in [-0.4, -0.2) is 29.5 Å². The first-order valence-corrected chi connectivity index (χ1v) is 7.91. The number of rotatable bonds is 7. The van der Waals surface area contributed by atoms with Gasteiger partial charge in [0.05, 0.1) is 12.6 Å². The summed E-state index contributed by atoms with van der Waals surface area (Å²) in [5, 5.41) is 0. The van der Waals surface area contributed by atoms with Crippen LogP contribution in [-0.2, 0) is 0 Å². The second-order valence-corrected chi connectivity index (χ2v) is 5.90. The van der Waals surface area contributed by atoms with Crippen LogP contribution in [0, 0.1) is 0 Å². The van der Waals surface area contributed by atoms with Gasteiger partial charge in [0.1, 0.15) is 0 Å². The predicted molar refractivity (Wildman–Crippen MR) is 77.7 cm³/mol. The van der Waals surface area contributed by atoms with Crippen LogP contribution in [0.1, 0.15) is 71.1 Å². The van der Waals surface area contributed by atoms with Crippen LogP contribution in [0.15, 0.2) is 4.99 Å². The smallest absolute Gasteiger partial charge is 0.191 e. The average Bonchev–Trinajstić information content (AvgIpc) is 2.98. The highest BCUT2D eigenvalue weighted by atomic mass is 15.3. The van der Waals surface area contributed by atoms with Crippen LogP contribution in [0.2, 0.25) is 0 Å². The molecule has 2 N–H and O–H groups in total. The molecule has 3 nitrogen and oxygen atoms in total. The summed E-state index contributed by atoms with van der Waals surface area (Å²) >= 11 is 0. The molecule has 104 valence electrons. The van der Waals surface area contributed by atoms with Crippen LogP contribution in [0.25, 0.3) is 0 Å². The average molecular weight is 251 g/mol. The van der Waals surface area contributed by atoms with E-state index in [1.54, 1.807) is 0 Å². The fourth-order valence-corrected chi connectivity index (χ4v) is 3.44. The van der Waals surface area contributed by atoms with E-state index < -0.39 is 0 Å². The van der Waals surface area contributed by atoms with Gasteiger partial charge < -0.3 is 10.6 Å². The van der Waals surface area contributed by atoms with Crippen LogP contribution in [0.5, 0.6) is 0 Å². The van der Waals surface area contributed by atoms with Crippen LogP contribution < -0.4 is 5.73 Å². The number of nitrogens with zero attached hydrogens (tertiary/aromatic N) is 2. The van der Waals surface area contributed by atoms with Gasteiger partial charge in [-0.3, -0.25) is 4.99 Å². The molecule has 3 heteroatoms. The molecule has 18 heavy (non-hydrogen) atoms. The summed E-state index contributed by atoms with van der Waals surface area (Å²) in [5.74, 6) is 0.820. The van der Waals surface area contributed by atoms with Gasteiger partial charge in [0.25, 0.3) is 0 Å². The minimum absolute atomic E-state index is 0.606. The van der Waals surface area contributed by atoms with Crippen molar-refractivity contribution >= 4 is 5.96 Å². The van der Waals surface area contributed by atoms with E-state index in [0.29, 0.717) is 12.1 Å². The third kappa shape index (κ3) is 3.39. The standard InChI is InChI=1S/C15H29N3/c1-2-3-4-5-6-11-14-12-17-15(16)18(14)13-9-7-8-10-13/h13-14H,2-12H2,1H3,(H2,16,17). The monoisotopic (exact) mass is 251 g/mol. The first kappa shape index (κ1) is 13.7. The minimum atomic E-state index is 0.606. The van der Waals surface area contributed by atoms with E-state index in [9.17, 15) is 0 Å². The Bertz CT molecular complexity index is 269. The largest absolute Gasteiger partial charge is 0.370 e. The number of guanidine groups is 1. The Labute approximate surface area is 112 Å². The lowest BCUT2D eigenvalue weighted by molar-refractivity contribution is 0.244. The van der Waals surface area contributed by atoms with Gasteiger partial charge >= 0.3 is 0 Å². The van der Waals surface area contributed by atoms with Gasteiger partial charge in [0, 0.05) is 6.04 Å². The molecule has 0 bridgehead atoms. The molecular weight excluding hydrogens is 222 g/mol. The first-order chi connectivity index (χ1) is 8.83. The zero-order valence-corrected chi connectivity index (χ0v) is 11.9. The van der Waals surface area contributed by atoms with Gasteiger partial charge in [-0.05, 0) is 19.3 Å². The minimum Gasteiger partial charge on any atom is -0.370 e. The Kier molecular flexibility index (Phi) is 5.33. The Morgan fingerprint density at radius 2 is 1.89 bits per heavy atom. The molecular formula is C15H29N3. The quantitative estimate of drug-likeness (QED) is 0.705. The fraction of sp³-hybridized carbons (Fsp3) is 0.933. The van der Waals surface area contributed by atoms with Crippen LogP contribution >= 0.6 is 0 Å². The zero-order chi connectivity index (χ0) is 12.8. The van der Waals surface area contributed by atoms with E-state index in [1.807, 2.05) is 0 Å². The molecule has 1 unspecified atom stereocenters. The number of hydrogen-bond donors (Lipinski definition) is 1. The normalized spacial score (nSPS) is 24.8. The molecule has 1 atom stereocenters. The van der Waals surface area contributed by atoms with Crippen molar-refractivity contribution in [1.82, 2.24) is 4.90 Å². The third-order valence-corrected chi connectivity index (χ3v) is 4.48. The topological polar surface area (TPSA) is 41.6 Å². The molecule has 1 heterocycles. The van der Waals surface area contributed by atoms with Gasteiger partial charge in [0.15, 0.2) is 5.96 Å². The molecule has 1 aliphatic carbocycles. The van der Waals surface area contributed by atoms with Gasteiger partial charge in [-0.2, -0.15) is 0 Å². The Morgan fingerprint density at radius 1 is 1.17 bits per heavy atom. The number of aliphatic imine (C=N–C) groups is 1.